The second-order valence-corrected chi connectivity index (χ2v) is 14.3. The minimum absolute atomic E-state index is 0.0228. The molecule has 51 heavy (non-hydrogen) atoms. The van der Waals surface area contributed by atoms with Crippen molar-refractivity contribution in [3.8, 4) is 0 Å². The summed E-state index contributed by atoms with van der Waals surface area (Å²) < 4.78 is 4.86. The Hall–Kier alpha value is -4.33. The van der Waals surface area contributed by atoms with Gasteiger partial charge < -0.3 is 42.4 Å². The monoisotopic (exact) mass is 705 g/mol. The van der Waals surface area contributed by atoms with Gasteiger partial charge in [-0.25, -0.2) is 0 Å². The molecule has 2 aromatic rings. The quantitative estimate of drug-likeness (QED) is 0.133. The average molecular weight is 706 g/mol. The largest absolute Gasteiger partial charge is 0.468 e. The van der Waals surface area contributed by atoms with Gasteiger partial charge in [0.25, 0.3) is 0 Å². The number of fused-ring (bicyclic) bond motifs is 1. The van der Waals surface area contributed by atoms with Crippen LogP contribution in [0.15, 0.2) is 54.6 Å². The summed E-state index contributed by atoms with van der Waals surface area (Å²) in [6.07, 6.45) is 2.98. The molecule has 13 heteroatoms. The lowest BCUT2D eigenvalue weighted by atomic mass is 9.88. The van der Waals surface area contributed by atoms with E-state index < -0.39 is 47.5 Å². The second-order valence-electron chi connectivity index (χ2n) is 14.3. The highest BCUT2D eigenvalue weighted by Gasteiger charge is 2.42. The highest BCUT2D eigenvalue weighted by Crippen LogP contribution is 2.26. The summed E-state index contributed by atoms with van der Waals surface area (Å²) in [5.41, 5.74) is 20.1. The van der Waals surface area contributed by atoms with Crippen molar-refractivity contribution in [2.45, 2.75) is 101 Å². The summed E-state index contributed by atoms with van der Waals surface area (Å²) in [7, 11) is 1.29. The Morgan fingerprint density at radius 2 is 1.55 bits per heavy atom. The Morgan fingerprint density at radius 1 is 0.902 bits per heavy atom. The van der Waals surface area contributed by atoms with Crippen LogP contribution in [0.4, 0.5) is 0 Å². The van der Waals surface area contributed by atoms with Gasteiger partial charge in [-0.3, -0.25) is 24.0 Å². The van der Waals surface area contributed by atoms with Gasteiger partial charge in [0.05, 0.1) is 13.2 Å². The predicted octanol–water partition coefficient (Wildman–Crippen LogP) is 1.15. The van der Waals surface area contributed by atoms with Crippen LogP contribution in [0.3, 0.4) is 0 Å². The smallest absolute Gasteiger partial charge is 0.325 e. The van der Waals surface area contributed by atoms with Crippen LogP contribution in [0.1, 0.15) is 69.1 Å². The van der Waals surface area contributed by atoms with E-state index in [-0.39, 0.29) is 56.6 Å². The standard InChI is InChI=1S/C38H55N7O6/c1-25(2)21-31(33(46)42-30(15-9-10-18-39)36(49)44-19-16-38(41,17-20-44)37(50)51-3)43-34(47)32-23-27-13-7-8-14-28(27)24-45(32)35(48)29(40)22-26-11-5-4-6-12-26/h4-8,11-14,25,29-32H,9-10,15-24,39-41H2,1-3H3,(H,42,46)(H,43,47)/t29-,30-,31+,32+/m1/s1. The molecule has 0 unspecified atom stereocenters. The van der Waals surface area contributed by atoms with E-state index in [1.54, 1.807) is 4.90 Å². The first-order valence-corrected chi connectivity index (χ1v) is 18.0. The molecule has 2 aliphatic rings. The molecule has 278 valence electrons. The number of nitrogens with two attached hydrogens (primary N) is 3. The summed E-state index contributed by atoms with van der Waals surface area (Å²) in [6.45, 7) is 5.01. The van der Waals surface area contributed by atoms with Crippen LogP contribution < -0.4 is 27.8 Å². The SMILES string of the molecule is COC(=O)C1(N)CCN(C(=O)[C@@H](CCCCN)NC(=O)[C@H](CC(C)C)NC(=O)[C@@H]2Cc3ccccc3CN2C(=O)[C@H](N)Cc2ccccc2)CC1. The van der Waals surface area contributed by atoms with Crippen molar-refractivity contribution in [1.82, 2.24) is 20.4 Å². The zero-order valence-electron chi connectivity index (χ0n) is 30.1. The number of nitrogens with zero attached hydrogens (tertiary/aromatic N) is 2. The summed E-state index contributed by atoms with van der Waals surface area (Å²) in [5, 5.41) is 5.87. The molecule has 0 radical (unpaired) electrons. The van der Waals surface area contributed by atoms with Crippen LogP contribution in [-0.2, 0) is 48.1 Å². The van der Waals surface area contributed by atoms with Crippen LogP contribution in [-0.4, -0.2) is 95.8 Å². The number of methoxy groups -OCH3 is 1. The fraction of sp³-hybridized carbons (Fsp3) is 0.553. The summed E-state index contributed by atoms with van der Waals surface area (Å²) in [6, 6.07) is 13.6. The number of esters is 1. The molecule has 2 heterocycles. The number of piperidine rings is 1. The third-order valence-corrected chi connectivity index (χ3v) is 9.91. The Morgan fingerprint density at radius 3 is 2.18 bits per heavy atom. The lowest BCUT2D eigenvalue weighted by molar-refractivity contribution is -0.151. The zero-order chi connectivity index (χ0) is 37.1. The maximum Gasteiger partial charge on any atom is 0.325 e. The van der Waals surface area contributed by atoms with Gasteiger partial charge in [0.15, 0.2) is 0 Å². The van der Waals surface area contributed by atoms with E-state index in [4.69, 9.17) is 21.9 Å². The normalized spacial score (nSPS) is 18.6. The summed E-state index contributed by atoms with van der Waals surface area (Å²) >= 11 is 0. The Bertz CT molecular complexity index is 1510. The Kier molecular flexibility index (Phi) is 14.1. The van der Waals surface area contributed by atoms with Crippen molar-refractivity contribution in [1.29, 1.82) is 0 Å². The van der Waals surface area contributed by atoms with E-state index in [1.165, 1.54) is 12.0 Å². The Balaban J connectivity index is 1.51. The van der Waals surface area contributed by atoms with E-state index >= 15 is 0 Å². The van der Waals surface area contributed by atoms with Crippen LogP contribution in [0.25, 0.3) is 0 Å². The first kappa shape index (κ1) is 39.5. The zero-order valence-corrected chi connectivity index (χ0v) is 30.1. The molecule has 4 rings (SSSR count). The van der Waals surface area contributed by atoms with Crippen LogP contribution in [0.2, 0.25) is 0 Å². The van der Waals surface area contributed by atoms with E-state index in [1.807, 2.05) is 68.4 Å². The second kappa shape index (κ2) is 18.2. The molecule has 0 spiro atoms. The van der Waals surface area contributed by atoms with Gasteiger partial charge in [-0.1, -0.05) is 68.4 Å². The molecule has 2 aliphatic heterocycles. The minimum atomic E-state index is -1.17. The average Bonchev–Trinajstić information content (AvgIpc) is 3.13. The number of benzene rings is 2. The molecule has 0 bridgehead atoms. The molecule has 0 aliphatic carbocycles. The highest BCUT2D eigenvalue weighted by atomic mass is 16.5. The Labute approximate surface area is 301 Å². The van der Waals surface area contributed by atoms with E-state index in [2.05, 4.69) is 10.6 Å². The maximum atomic E-state index is 14.2. The van der Waals surface area contributed by atoms with Crippen molar-refractivity contribution < 1.29 is 28.7 Å². The number of rotatable bonds is 15. The van der Waals surface area contributed by atoms with E-state index in [0.717, 1.165) is 16.7 Å². The van der Waals surface area contributed by atoms with Crippen LogP contribution >= 0.6 is 0 Å². The van der Waals surface area contributed by atoms with Gasteiger partial charge in [-0.15, -0.1) is 0 Å². The number of likely N-dealkylation sites (tertiary alicyclic amines) is 1. The number of carbonyl (C=O) groups excluding carboxylic acids is 5. The molecule has 0 aromatic heterocycles. The van der Waals surface area contributed by atoms with Gasteiger partial charge >= 0.3 is 5.97 Å². The van der Waals surface area contributed by atoms with Crippen LogP contribution in [0, 0.1) is 5.92 Å². The number of hydrogen-bond donors (Lipinski definition) is 5. The number of amides is 4. The van der Waals surface area contributed by atoms with Crippen molar-refractivity contribution in [3.05, 3.63) is 71.3 Å². The van der Waals surface area contributed by atoms with Gasteiger partial charge in [-0.05, 0) is 74.1 Å². The third-order valence-electron chi connectivity index (χ3n) is 9.91. The first-order chi connectivity index (χ1) is 24.4. The summed E-state index contributed by atoms with van der Waals surface area (Å²) in [5.74, 6) is -2.08. The molecular formula is C38H55N7O6. The fourth-order valence-corrected chi connectivity index (χ4v) is 6.90. The van der Waals surface area contributed by atoms with E-state index in [9.17, 15) is 24.0 Å². The topological polar surface area (TPSA) is 203 Å². The predicted molar refractivity (Wildman–Crippen MR) is 194 cm³/mol. The number of hydrogen-bond acceptors (Lipinski definition) is 9. The molecule has 1 saturated heterocycles. The van der Waals surface area contributed by atoms with Crippen molar-refractivity contribution >= 4 is 29.6 Å². The minimum Gasteiger partial charge on any atom is -0.468 e. The van der Waals surface area contributed by atoms with Gasteiger partial charge in [0.2, 0.25) is 23.6 Å². The lowest BCUT2D eigenvalue weighted by Gasteiger charge is -2.39. The summed E-state index contributed by atoms with van der Waals surface area (Å²) in [4.78, 5) is 71.2. The molecule has 8 N–H and O–H groups in total. The maximum absolute atomic E-state index is 14.2. The molecule has 0 saturated carbocycles. The number of ether oxygens (including phenoxy) is 1. The molecule has 2 aromatic carbocycles. The van der Waals surface area contributed by atoms with Crippen molar-refractivity contribution in [2.24, 2.45) is 23.1 Å². The molecule has 4 atom stereocenters. The highest BCUT2D eigenvalue weighted by molar-refractivity contribution is 5.95. The fourth-order valence-electron chi connectivity index (χ4n) is 6.90. The van der Waals surface area contributed by atoms with Crippen LogP contribution in [0.5, 0.6) is 0 Å². The van der Waals surface area contributed by atoms with E-state index in [0.29, 0.717) is 38.6 Å². The first-order valence-electron chi connectivity index (χ1n) is 18.0. The van der Waals surface area contributed by atoms with Crippen molar-refractivity contribution in [2.75, 3.05) is 26.7 Å². The third kappa shape index (κ3) is 10.4. The van der Waals surface area contributed by atoms with Crippen molar-refractivity contribution in [3.63, 3.8) is 0 Å². The van der Waals surface area contributed by atoms with Gasteiger partial charge in [0.1, 0.15) is 23.7 Å². The van der Waals surface area contributed by atoms with Gasteiger partial charge in [-0.2, -0.15) is 0 Å². The molecule has 4 amide bonds. The molecule has 13 nitrogen and oxygen atoms in total. The number of nitrogens with one attached hydrogen (secondary N) is 2. The number of unbranched alkanes of at least 4 members (excludes halogenated alkanes) is 1. The molecule has 1 fully saturated rings. The van der Waals surface area contributed by atoms with Gasteiger partial charge in [0, 0.05) is 26.1 Å². The lowest BCUT2D eigenvalue weighted by Crippen LogP contribution is -2.61. The molecular weight excluding hydrogens is 650 g/mol. The number of carbonyl (C=O) groups is 5.